The van der Waals surface area contributed by atoms with Crippen LogP contribution in [0.4, 0.5) is 0 Å². The summed E-state index contributed by atoms with van der Waals surface area (Å²) in [6, 6.07) is 10.3. The minimum absolute atomic E-state index is 0.0593. The van der Waals surface area contributed by atoms with Crippen LogP contribution in [-0.4, -0.2) is 43.4 Å². The van der Waals surface area contributed by atoms with Gasteiger partial charge in [-0.25, -0.2) is 0 Å². The average Bonchev–Trinajstić information content (AvgIpc) is 3.13. The van der Waals surface area contributed by atoms with Gasteiger partial charge < -0.3 is 15.5 Å². The first-order chi connectivity index (χ1) is 12.8. The number of benzene rings is 1. The third-order valence-electron chi connectivity index (χ3n) is 4.32. The first kappa shape index (κ1) is 21.4. The molecule has 0 radical (unpaired) electrons. The summed E-state index contributed by atoms with van der Waals surface area (Å²) in [6.45, 7) is 4.27. The van der Waals surface area contributed by atoms with E-state index in [1.807, 2.05) is 39.4 Å². The van der Waals surface area contributed by atoms with E-state index in [-0.39, 0.29) is 23.8 Å². The van der Waals surface area contributed by atoms with Gasteiger partial charge in [0.1, 0.15) is 6.04 Å². The maximum absolute atomic E-state index is 12.8. The Hall–Kier alpha value is -1.89. The van der Waals surface area contributed by atoms with E-state index in [0.29, 0.717) is 17.1 Å². The molecule has 2 N–H and O–H groups in total. The van der Waals surface area contributed by atoms with E-state index >= 15 is 0 Å². The molecule has 0 bridgehead atoms. The standard InChI is InChI=1S/C20H26ClN3O2S/c1-13(2)18(23-19(25)14-8-5-6-9-15(14)21)20(26)22-12-16(24(3)4)17-10-7-11-27-17/h5-11,13,16,18H,12H2,1-4H3,(H,22,26)(H,23,25). The van der Waals surface area contributed by atoms with Crippen LogP contribution in [0.15, 0.2) is 41.8 Å². The molecule has 2 atom stereocenters. The van der Waals surface area contributed by atoms with Crippen molar-refractivity contribution >= 4 is 34.8 Å². The van der Waals surface area contributed by atoms with E-state index in [1.165, 1.54) is 4.88 Å². The van der Waals surface area contributed by atoms with Crippen LogP contribution in [0.3, 0.4) is 0 Å². The lowest BCUT2D eigenvalue weighted by molar-refractivity contribution is -0.124. The van der Waals surface area contributed by atoms with Gasteiger partial charge in [0.05, 0.1) is 16.6 Å². The molecule has 0 fully saturated rings. The molecule has 0 saturated carbocycles. The topological polar surface area (TPSA) is 61.4 Å². The maximum atomic E-state index is 12.8. The van der Waals surface area contributed by atoms with Gasteiger partial charge >= 0.3 is 0 Å². The Bertz CT molecular complexity index is 762. The largest absolute Gasteiger partial charge is 0.352 e. The van der Waals surface area contributed by atoms with Gasteiger partial charge in [0.2, 0.25) is 5.91 Å². The highest BCUT2D eigenvalue weighted by Crippen LogP contribution is 2.22. The van der Waals surface area contributed by atoms with Crippen LogP contribution in [0.2, 0.25) is 5.02 Å². The molecule has 0 aliphatic rings. The summed E-state index contributed by atoms with van der Waals surface area (Å²) in [6.07, 6.45) is 0. The van der Waals surface area contributed by atoms with Crippen molar-refractivity contribution in [2.45, 2.75) is 25.9 Å². The number of hydrogen-bond acceptors (Lipinski definition) is 4. The Morgan fingerprint density at radius 2 is 1.85 bits per heavy atom. The lowest BCUT2D eigenvalue weighted by Gasteiger charge is -2.26. The fourth-order valence-electron chi connectivity index (χ4n) is 2.73. The third-order valence-corrected chi connectivity index (χ3v) is 5.62. The second-order valence-electron chi connectivity index (χ2n) is 6.91. The fraction of sp³-hybridized carbons (Fsp3) is 0.400. The Morgan fingerprint density at radius 1 is 1.15 bits per heavy atom. The second kappa shape index (κ2) is 9.88. The van der Waals surface area contributed by atoms with E-state index in [4.69, 9.17) is 11.6 Å². The van der Waals surface area contributed by atoms with Gasteiger partial charge in [-0.3, -0.25) is 9.59 Å². The van der Waals surface area contributed by atoms with Gasteiger partial charge in [-0.05, 0) is 43.6 Å². The van der Waals surface area contributed by atoms with Crippen LogP contribution in [0.5, 0.6) is 0 Å². The van der Waals surface area contributed by atoms with Crippen molar-refractivity contribution in [2.24, 2.45) is 5.92 Å². The first-order valence-corrected chi connectivity index (χ1v) is 10.1. The summed E-state index contributed by atoms with van der Waals surface area (Å²) >= 11 is 7.75. The maximum Gasteiger partial charge on any atom is 0.253 e. The highest BCUT2D eigenvalue weighted by molar-refractivity contribution is 7.10. The van der Waals surface area contributed by atoms with Crippen molar-refractivity contribution < 1.29 is 9.59 Å². The van der Waals surface area contributed by atoms with E-state index in [0.717, 1.165) is 0 Å². The Labute approximate surface area is 169 Å². The van der Waals surface area contributed by atoms with Crippen molar-refractivity contribution in [2.75, 3.05) is 20.6 Å². The second-order valence-corrected chi connectivity index (χ2v) is 8.30. The summed E-state index contributed by atoms with van der Waals surface area (Å²) in [5.74, 6) is -0.610. The molecule has 146 valence electrons. The average molecular weight is 408 g/mol. The number of nitrogens with one attached hydrogen (secondary N) is 2. The van der Waals surface area contributed by atoms with Gasteiger partial charge in [-0.2, -0.15) is 0 Å². The van der Waals surface area contributed by atoms with Gasteiger partial charge in [0, 0.05) is 11.4 Å². The van der Waals surface area contributed by atoms with Crippen LogP contribution in [0, 0.1) is 5.92 Å². The molecule has 2 unspecified atom stereocenters. The lowest BCUT2D eigenvalue weighted by Crippen LogP contribution is -2.51. The zero-order chi connectivity index (χ0) is 20.0. The van der Waals surface area contributed by atoms with Crippen molar-refractivity contribution in [3.63, 3.8) is 0 Å². The molecule has 2 amide bonds. The molecule has 7 heteroatoms. The smallest absolute Gasteiger partial charge is 0.253 e. The van der Waals surface area contributed by atoms with Crippen LogP contribution in [0.1, 0.15) is 35.1 Å². The molecule has 2 aromatic rings. The number of likely N-dealkylation sites (N-methyl/N-ethyl adjacent to an activating group) is 1. The quantitative estimate of drug-likeness (QED) is 0.703. The molecule has 1 heterocycles. The number of amides is 2. The monoisotopic (exact) mass is 407 g/mol. The molecule has 0 aliphatic heterocycles. The van der Waals surface area contributed by atoms with Gasteiger partial charge in [0.25, 0.3) is 5.91 Å². The highest BCUT2D eigenvalue weighted by atomic mass is 35.5. The molecule has 1 aromatic carbocycles. The number of hydrogen-bond donors (Lipinski definition) is 2. The van der Waals surface area contributed by atoms with Crippen molar-refractivity contribution in [1.29, 1.82) is 0 Å². The number of halogens is 1. The molecule has 0 aliphatic carbocycles. The number of nitrogens with zero attached hydrogens (tertiary/aromatic N) is 1. The Balaban J connectivity index is 2.04. The minimum atomic E-state index is -0.639. The van der Waals surface area contributed by atoms with E-state index in [9.17, 15) is 9.59 Å². The van der Waals surface area contributed by atoms with E-state index in [2.05, 4.69) is 21.6 Å². The molecular formula is C20H26ClN3O2S. The number of carbonyl (C=O) groups excluding carboxylic acids is 2. The SMILES string of the molecule is CC(C)C(NC(=O)c1ccccc1Cl)C(=O)NCC(c1cccs1)N(C)C. The number of carbonyl (C=O) groups is 2. The molecule has 0 saturated heterocycles. The number of rotatable bonds is 8. The van der Waals surface area contributed by atoms with Crippen LogP contribution < -0.4 is 10.6 Å². The minimum Gasteiger partial charge on any atom is -0.352 e. The Morgan fingerprint density at radius 3 is 2.41 bits per heavy atom. The first-order valence-electron chi connectivity index (χ1n) is 8.84. The summed E-state index contributed by atoms with van der Waals surface area (Å²) in [4.78, 5) is 28.5. The fourth-order valence-corrected chi connectivity index (χ4v) is 3.87. The predicted octanol–water partition coefficient (Wildman–Crippen LogP) is 3.58. The van der Waals surface area contributed by atoms with Crippen LogP contribution >= 0.6 is 22.9 Å². The van der Waals surface area contributed by atoms with Gasteiger partial charge in [0.15, 0.2) is 0 Å². The molecule has 5 nitrogen and oxygen atoms in total. The van der Waals surface area contributed by atoms with Gasteiger partial charge in [-0.1, -0.05) is 43.6 Å². The molecule has 2 rings (SSSR count). The predicted molar refractivity (Wildman–Crippen MR) is 111 cm³/mol. The zero-order valence-electron chi connectivity index (χ0n) is 16.0. The highest BCUT2D eigenvalue weighted by Gasteiger charge is 2.26. The molecule has 27 heavy (non-hydrogen) atoms. The van der Waals surface area contributed by atoms with Crippen molar-refractivity contribution in [3.05, 3.63) is 57.2 Å². The van der Waals surface area contributed by atoms with Crippen molar-refractivity contribution in [1.82, 2.24) is 15.5 Å². The van der Waals surface area contributed by atoms with Crippen molar-refractivity contribution in [3.8, 4) is 0 Å². The molecular weight excluding hydrogens is 382 g/mol. The van der Waals surface area contributed by atoms with Crippen LogP contribution in [0.25, 0.3) is 0 Å². The van der Waals surface area contributed by atoms with E-state index in [1.54, 1.807) is 35.6 Å². The summed E-state index contributed by atoms with van der Waals surface area (Å²) in [7, 11) is 3.96. The summed E-state index contributed by atoms with van der Waals surface area (Å²) in [5.41, 5.74) is 0.363. The number of thiophene rings is 1. The lowest BCUT2D eigenvalue weighted by atomic mass is 10.0. The van der Waals surface area contributed by atoms with Gasteiger partial charge in [-0.15, -0.1) is 11.3 Å². The molecule has 0 spiro atoms. The van der Waals surface area contributed by atoms with E-state index < -0.39 is 6.04 Å². The summed E-state index contributed by atoms with van der Waals surface area (Å²) in [5, 5.41) is 8.18. The normalized spacial score (nSPS) is 13.4. The summed E-state index contributed by atoms with van der Waals surface area (Å²) < 4.78 is 0. The molecule has 1 aromatic heterocycles. The Kier molecular flexibility index (Phi) is 7.83. The van der Waals surface area contributed by atoms with Crippen LogP contribution in [-0.2, 0) is 4.79 Å². The zero-order valence-corrected chi connectivity index (χ0v) is 17.6. The third kappa shape index (κ3) is 5.79.